The number of benzene rings is 2. The second-order valence-corrected chi connectivity index (χ2v) is 4.29. The zero-order valence-electron chi connectivity index (χ0n) is 11.6. The minimum Gasteiger partial charge on any atom is -0.497 e. The smallest absolute Gasteiger partial charge is 0.259 e. The second kappa shape index (κ2) is 6.13. The predicted octanol–water partition coefficient (Wildman–Crippen LogP) is 2.68. The molecule has 0 aliphatic carbocycles. The van der Waals surface area contributed by atoms with Crippen LogP contribution in [-0.2, 0) is 0 Å². The number of anilines is 2. The molecule has 0 aliphatic heterocycles. The summed E-state index contributed by atoms with van der Waals surface area (Å²) < 4.78 is 23.5. The maximum Gasteiger partial charge on any atom is 0.259 e. The molecule has 2 aromatic rings. The summed E-state index contributed by atoms with van der Waals surface area (Å²) in [5, 5.41) is 2.57. The van der Waals surface area contributed by atoms with Gasteiger partial charge in [0.1, 0.15) is 17.3 Å². The van der Waals surface area contributed by atoms with Gasteiger partial charge in [0.25, 0.3) is 5.91 Å². The number of methoxy groups -OCH3 is 2. The van der Waals surface area contributed by atoms with Crippen LogP contribution in [0.1, 0.15) is 10.4 Å². The summed E-state index contributed by atoms with van der Waals surface area (Å²) in [4.78, 5) is 12.2. The van der Waals surface area contributed by atoms with Crippen LogP contribution in [0.25, 0.3) is 0 Å². The van der Waals surface area contributed by atoms with Crippen LogP contribution in [0.15, 0.2) is 36.4 Å². The summed E-state index contributed by atoms with van der Waals surface area (Å²) in [7, 11) is 2.97. The summed E-state index contributed by atoms with van der Waals surface area (Å²) in [6.45, 7) is 0. The third-order valence-electron chi connectivity index (χ3n) is 2.83. The highest BCUT2D eigenvalue weighted by atomic mass is 19.1. The van der Waals surface area contributed by atoms with Crippen molar-refractivity contribution in [1.29, 1.82) is 0 Å². The Morgan fingerprint density at radius 2 is 1.90 bits per heavy atom. The van der Waals surface area contributed by atoms with Gasteiger partial charge in [-0.25, -0.2) is 4.39 Å². The van der Waals surface area contributed by atoms with E-state index in [0.29, 0.717) is 17.1 Å². The van der Waals surface area contributed by atoms with Crippen molar-refractivity contribution in [3.05, 3.63) is 47.8 Å². The minimum absolute atomic E-state index is 0.229. The maximum absolute atomic E-state index is 13.3. The standard InChI is InChI=1S/C15H15FN2O3/c1-20-12-3-4-13(14(8-12)21-2)15(19)18-11-6-9(16)5-10(17)7-11/h3-8H,17H2,1-2H3,(H,18,19). The van der Waals surface area contributed by atoms with Crippen molar-refractivity contribution in [3.8, 4) is 11.5 Å². The Labute approximate surface area is 121 Å². The van der Waals surface area contributed by atoms with Crippen LogP contribution in [0.2, 0.25) is 0 Å². The van der Waals surface area contributed by atoms with Gasteiger partial charge in [-0.2, -0.15) is 0 Å². The van der Waals surface area contributed by atoms with Crippen molar-refractivity contribution in [1.82, 2.24) is 0 Å². The minimum atomic E-state index is -0.521. The Kier molecular flexibility index (Phi) is 4.27. The zero-order valence-corrected chi connectivity index (χ0v) is 11.6. The molecule has 0 aliphatic rings. The Hall–Kier alpha value is -2.76. The fourth-order valence-corrected chi connectivity index (χ4v) is 1.87. The number of nitrogens with two attached hydrogens (primary N) is 1. The Morgan fingerprint density at radius 3 is 2.52 bits per heavy atom. The third kappa shape index (κ3) is 3.42. The highest BCUT2D eigenvalue weighted by Crippen LogP contribution is 2.25. The molecule has 0 saturated heterocycles. The molecule has 0 saturated carbocycles. The molecule has 0 unspecified atom stereocenters. The molecule has 2 rings (SSSR count). The highest BCUT2D eigenvalue weighted by Gasteiger charge is 2.14. The first kappa shape index (κ1) is 14.6. The van der Waals surface area contributed by atoms with Gasteiger partial charge in [-0.05, 0) is 30.3 Å². The lowest BCUT2D eigenvalue weighted by molar-refractivity contribution is 0.102. The molecule has 3 N–H and O–H groups in total. The van der Waals surface area contributed by atoms with Crippen molar-refractivity contribution >= 4 is 17.3 Å². The summed E-state index contributed by atoms with van der Waals surface area (Å²) in [5.41, 5.74) is 6.34. The largest absolute Gasteiger partial charge is 0.497 e. The molecule has 0 atom stereocenters. The van der Waals surface area contributed by atoms with E-state index in [-0.39, 0.29) is 11.4 Å². The van der Waals surface area contributed by atoms with E-state index in [4.69, 9.17) is 15.2 Å². The highest BCUT2D eigenvalue weighted by molar-refractivity contribution is 6.06. The Morgan fingerprint density at radius 1 is 1.14 bits per heavy atom. The third-order valence-corrected chi connectivity index (χ3v) is 2.83. The quantitative estimate of drug-likeness (QED) is 0.849. The monoisotopic (exact) mass is 290 g/mol. The molecule has 1 amide bonds. The molecule has 6 heteroatoms. The number of hydrogen-bond acceptors (Lipinski definition) is 4. The van der Waals surface area contributed by atoms with E-state index in [1.807, 2.05) is 0 Å². The van der Waals surface area contributed by atoms with Crippen molar-refractivity contribution in [2.45, 2.75) is 0 Å². The number of ether oxygens (including phenoxy) is 2. The van der Waals surface area contributed by atoms with Crippen molar-refractivity contribution in [2.75, 3.05) is 25.3 Å². The molecule has 5 nitrogen and oxygen atoms in total. The van der Waals surface area contributed by atoms with Gasteiger partial charge in [0.05, 0.1) is 19.8 Å². The summed E-state index contributed by atoms with van der Waals surface area (Å²) in [5.74, 6) is -0.0267. The van der Waals surface area contributed by atoms with E-state index in [9.17, 15) is 9.18 Å². The van der Waals surface area contributed by atoms with Crippen LogP contribution in [0.3, 0.4) is 0 Å². The second-order valence-electron chi connectivity index (χ2n) is 4.29. The van der Waals surface area contributed by atoms with Crippen LogP contribution in [0, 0.1) is 5.82 Å². The normalized spacial score (nSPS) is 10.0. The lowest BCUT2D eigenvalue weighted by atomic mass is 10.1. The Bertz CT molecular complexity index is 654. The number of carbonyl (C=O) groups is 1. The SMILES string of the molecule is COc1ccc(C(=O)Nc2cc(N)cc(F)c2)c(OC)c1. The van der Waals surface area contributed by atoms with Gasteiger partial charge in [0.15, 0.2) is 0 Å². The van der Waals surface area contributed by atoms with Crippen LogP contribution < -0.4 is 20.5 Å². The zero-order chi connectivity index (χ0) is 15.4. The molecule has 0 bridgehead atoms. The number of carbonyl (C=O) groups excluding carboxylic acids is 1. The molecule has 0 radical (unpaired) electrons. The molecular formula is C15H15FN2O3. The first-order valence-corrected chi connectivity index (χ1v) is 6.13. The average molecular weight is 290 g/mol. The van der Waals surface area contributed by atoms with Gasteiger partial charge in [-0.15, -0.1) is 0 Å². The number of rotatable bonds is 4. The van der Waals surface area contributed by atoms with Crippen molar-refractivity contribution in [3.63, 3.8) is 0 Å². The van der Waals surface area contributed by atoms with E-state index < -0.39 is 11.7 Å². The van der Waals surface area contributed by atoms with E-state index in [1.54, 1.807) is 18.2 Å². The van der Waals surface area contributed by atoms with E-state index in [2.05, 4.69) is 5.32 Å². The van der Waals surface area contributed by atoms with E-state index in [0.717, 1.165) is 0 Å². The number of nitrogen functional groups attached to an aromatic ring is 1. The maximum atomic E-state index is 13.3. The van der Waals surface area contributed by atoms with Gasteiger partial charge >= 0.3 is 0 Å². The molecule has 21 heavy (non-hydrogen) atoms. The summed E-state index contributed by atoms with van der Waals surface area (Å²) >= 11 is 0. The Balaban J connectivity index is 2.27. The first-order chi connectivity index (χ1) is 10.0. The number of halogens is 1. The number of hydrogen-bond donors (Lipinski definition) is 2. The van der Waals surface area contributed by atoms with Gasteiger partial charge in [-0.1, -0.05) is 0 Å². The van der Waals surface area contributed by atoms with Crippen molar-refractivity contribution < 1.29 is 18.7 Å². The fraction of sp³-hybridized carbons (Fsp3) is 0.133. The van der Waals surface area contributed by atoms with Gasteiger partial charge < -0.3 is 20.5 Å². The number of nitrogens with one attached hydrogen (secondary N) is 1. The van der Waals surface area contributed by atoms with Gasteiger partial charge in [0.2, 0.25) is 0 Å². The van der Waals surface area contributed by atoms with Crippen LogP contribution in [0.4, 0.5) is 15.8 Å². The topological polar surface area (TPSA) is 73.6 Å². The summed E-state index contributed by atoms with van der Waals surface area (Å²) in [6, 6.07) is 8.62. The van der Waals surface area contributed by atoms with E-state index in [1.165, 1.54) is 32.4 Å². The molecular weight excluding hydrogens is 275 g/mol. The van der Waals surface area contributed by atoms with Gasteiger partial charge in [-0.3, -0.25) is 4.79 Å². The first-order valence-electron chi connectivity index (χ1n) is 6.13. The lowest BCUT2D eigenvalue weighted by Gasteiger charge is -2.11. The molecule has 0 heterocycles. The van der Waals surface area contributed by atoms with Gasteiger partial charge in [0, 0.05) is 17.4 Å². The van der Waals surface area contributed by atoms with E-state index >= 15 is 0 Å². The number of amides is 1. The van der Waals surface area contributed by atoms with Crippen LogP contribution >= 0.6 is 0 Å². The van der Waals surface area contributed by atoms with Crippen molar-refractivity contribution in [2.24, 2.45) is 0 Å². The fourth-order valence-electron chi connectivity index (χ4n) is 1.87. The summed E-state index contributed by atoms with van der Waals surface area (Å²) in [6.07, 6.45) is 0. The molecule has 110 valence electrons. The molecule has 0 aromatic heterocycles. The molecule has 0 spiro atoms. The molecule has 2 aromatic carbocycles. The molecule has 0 fully saturated rings. The predicted molar refractivity (Wildman–Crippen MR) is 78.3 cm³/mol. The van der Waals surface area contributed by atoms with Crippen LogP contribution in [0.5, 0.6) is 11.5 Å². The lowest BCUT2D eigenvalue weighted by Crippen LogP contribution is -2.13. The average Bonchev–Trinajstić information content (AvgIpc) is 2.45. The van der Waals surface area contributed by atoms with Crippen LogP contribution in [-0.4, -0.2) is 20.1 Å².